The maximum Gasteiger partial charge on any atom is 0.209 e. The summed E-state index contributed by atoms with van der Waals surface area (Å²) in [5.41, 5.74) is 0.357. The molecule has 1 unspecified atom stereocenters. The van der Waals surface area contributed by atoms with Crippen LogP contribution in [0.15, 0.2) is 5.16 Å². The molecule has 0 aromatic carbocycles. The van der Waals surface area contributed by atoms with Gasteiger partial charge < -0.3 is 15.1 Å². The fourth-order valence-corrected chi connectivity index (χ4v) is 1.52. The largest absolute Gasteiger partial charge is 0.411 e. The van der Waals surface area contributed by atoms with Crippen molar-refractivity contribution in [2.24, 2.45) is 5.16 Å². The molecule has 4 heteroatoms. The quantitative estimate of drug-likeness (QED) is 0.373. The van der Waals surface area contributed by atoms with Crippen LogP contribution < -0.4 is 0 Å². The molecule has 1 aliphatic rings. The predicted octanol–water partition coefficient (Wildman–Crippen LogP) is 1.12. The van der Waals surface area contributed by atoms with Gasteiger partial charge >= 0.3 is 0 Å². The van der Waals surface area contributed by atoms with E-state index >= 15 is 0 Å². The molecule has 0 radical (unpaired) electrons. The highest BCUT2D eigenvalue weighted by atomic mass is 16.6. The summed E-state index contributed by atoms with van der Waals surface area (Å²) in [4.78, 5) is 0. The molecule has 0 aliphatic heterocycles. The molecule has 1 aliphatic carbocycles. The van der Waals surface area contributed by atoms with E-state index < -0.39 is 5.79 Å². The topological polar surface area (TPSA) is 62.0 Å². The highest BCUT2D eigenvalue weighted by molar-refractivity contribution is 5.91. The third-order valence-corrected chi connectivity index (χ3v) is 2.13. The van der Waals surface area contributed by atoms with Gasteiger partial charge in [-0.25, -0.2) is 0 Å². The molecular formula is C8H15NO3. The van der Waals surface area contributed by atoms with Crippen LogP contribution in [-0.2, 0) is 4.74 Å². The van der Waals surface area contributed by atoms with Crippen LogP contribution in [0.4, 0.5) is 0 Å². The van der Waals surface area contributed by atoms with Crippen LogP contribution in [0.25, 0.3) is 0 Å². The first-order valence-corrected chi connectivity index (χ1v) is 4.30. The third kappa shape index (κ3) is 1.76. The van der Waals surface area contributed by atoms with E-state index in [4.69, 9.17) is 9.94 Å². The number of hydrogen-bond donors (Lipinski definition) is 2. The lowest BCUT2D eigenvalue weighted by atomic mass is 9.92. The van der Waals surface area contributed by atoms with Gasteiger partial charge in [0.25, 0.3) is 0 Å². The summed E-state index contributed by atoms with van der Waals surface area (Å²) in [5.74, 6) is -1.30. The highest BCUT2D eigenvalue weighted by Gasteiger charge is 2.36. The van der Waals surface area contributed by atoms with Crippen molar-refractivity contribution in [2.45, 2.75) is 38.4 Å². The van der Waals surface area contributed by atoms with E-state index in [1.54, 1.807) is 0 Å². The van der Waals surface area contributed by atoms with Crippen molar-refractivity contribution in [1.29, 1.82) is 0 Å². The fraction of sp³-hybridized carbons (Fsp3) is 0.875. The molecule has 1 rings (SSSR count). The fourth-order valence-electron chi connectivity index (χ4n) is 1.52. The van der Waals surface area contributed by atoms with Gasteiger partial charge in [-0.2, -0.15) is 0 Å². The molecular weight excluding hydrogens is 158 g/mol. The van der Waals surface area contributed by atoms with Crippen LogP contribution in [0.5, 0.6) is 0 Å². The van der Waals surface area contributed by atoms with Crippen LogP contribution in [0.3, 0.4) is 0 Å². The van der Waals surface area contributed by atoms with E-state index in [1.807, 2.05) is 6.92 Å². The molecule has 1 saturated carbocycles. The Kier molecular flexibility index (Phi) is 3.05. The zero-order valence-electron chi connectivity index (χ0n) is 7.29. The molecule has 70 valence electrons. The van der Waals surface area contributed by atoms with Crippen molar-refractivity contribution in [3.8, 4) is 0 Å². The minimum atomic E-state index is -1.30. The summed E-state index contributed by atoms with van der Waals surface area (Å²) < 4.78 is 5.14. The maximum atomic E-state index is 9.82. The van der Waals surface area contributed by atoms with Crippen molar-refractivity contribution < 1.29 is 15.1 Å². The standard InChI is InChI=1S/C8H15NO3/c1-2-12-8(10)6-4-3-5-7(8)9-11/h10-11H,2-6H2,1H3/b9-7-. The Morgan fingerprint density at radius 1 is 1.58 bits per heavy atom. The molecule has 0 spiro atoms. The van der Waals surface area contributed by atoms with Gasteiger partial charge in [0.2, 0.25) is 5.79 Å². The second-order valence-electron chi connectivity index (χ2n) is 2.97. The molecule has 0 heterocycles. The van der Waals surface area contributed by atoms with E-state index in [2.05, 4.69) is 5.16 Å². The summed E-state index contributed by atoms with van der Waals surface area (Å²) >= 11 is 0. The van der Waals surface area contributed by atoms with Crippen LogP contribution >= 0.6 is 0 Å². The Hall–Kier alpha value is -0.610. The summed E-state index contributed by atoms with van der Waals surface area (Å²) in [6.45, 7) is 2.23. The Labute approximate surface area is 71.8 Å². The number of aliphatic hydroxyl groups is 1. The maximum absolute atomic E-state index is 9.82. The first kappa shape index (κ1) is 9.48. The van der Waals surface area contributed by atoms with Gasteiger partial charge in [-0.05, 0) is 26.2 Å². The van der Waals surface area contributed by atoms with Gasteiger partial charge in [0.1, 0.15) is 5.71 Å². The molecule has 2 N–H and O–H groups in total. The van der Waals surface area contributed by atoms with Gasteiger partial charge in [-0.3, -0.25) is 0 Å². The normalized spacial score (nSPS) is 34.0. The summed E-state index contributed by atoms with van der Waals surface area (Å²) in [7, 11) is 0. The minimum absolute atomic E-state index is 0.357. The monoisotopic (exact) mass is 173 g/mol. The van der Waals surface area contributed by atoms with Crippen molar-refractivity contribution in [2.75, 3.05) is 6.61 Å². The first-order chi connectivity index (χ1) is 5.73. The van der Waals surface area contributed by atoms with Gasteiger partial charge in [-0.15, -0.1) is 0 Å². The Bertz CT molecular complexity index is 177. The van der Waals surface area contributed by atoms with Crippen LogP contribution in [-0.4, -0.2) is 28.4 Å². The molecule has 1 fully saturated rings. The van der Waals surface area contributed by atoms with Crippen molar-refractivity contribution >= 4 is 5.71 Å². The zero-order chi connectivity index (χ0) is 9.03. The van der Waals surface area contributed by atoms with Crippen LogP contribution in [0.2, 0.25) is 0 Å². The van der Waals surface area contributed by atoms with E-state index in [9.17, 15) is 5.11 Å². The summed E-state index contributed by atoms with van der Waals surface area (Å²) in [5, 5.41) is 21.5. The van der Waals surface area contributed by atoms with Crippen molar-refractivity contribution in [1.82, 2.24) is 0 Å². The van der Waals surface area contributed by atoms with E-state index in [0.717, 1.165) is 12.8 Å². The Morgan fingerprint density at radius 3 is 2.92 bits per heavy atom. The first-order valence-electron chi connectivity index (χ1n) is 4.30. The molecule has 0 aromatic rings. The van der Waals surface area contributed by atoms with E-state index in [1.165, 1.54) is 0 Å². The Balaban J connectivity index is 2.69. The van der Waals surface area contributed by atoms with Gasteiger partial charge in [0.05, 0.1) is 0 Å². The lowest BCUT2D eigenvalue weighted by Gasteiger charge is -2.31. The van der Waals surface area contributed by atoms with E-state index in [-0.39, 0.29) is 0 Å². The molecule has 0 aromatic heterocycles. The molecule has 0 amide bonds. The van der Waals surface area contributed by atoms with Crippen molar-refractivity contribution in [3.63, 3.8) is 0 Å². The molecule has 4 nitrogen and oxygen atoms in total. The number of oxime groups is 1. The lowest BCUT2D eigenvalue weighted by Crippen LogP contribution is -2.44. The SMILES string of the molecule is CCOC1(O)CCCC/C1=N/O. The highest BCUT2D eigenvalue weighted by Crippen LogP contribution is 2.26. The second kappa shape index (κ2) is 3.87. The smallest absolute Gasteiger partial charge is 0.209 e. The number of nitrogens with zero attached hydrogens (tertiary/aromatic N) is 1. The zero-order valence-corrected chi connectivity index (χ0v) is 7.29. The van der Waals surface area contributed by atoms with E-state index in [0.29, 0.717) is 25.2 Å². The molecule has 1 atom stereocenters. The minimum Gasteiger partial charge on any atom is -0.411 e. The molecule has 0 saturated heterocycles. The van der Waals surface area contributed by atoms with Crippen LogP contribution in [0, 0.1) is 0 Å². The van der Waals surface area contributed by atoms with Crippen LogP contribution in [0.1, 0.15) is 32.6 Å². The predicted molar refractivity (Wildman–Crippen MR) is 44.3 cm³/mol. The average molecular weight is 173 g/mol. The Morgan fingerprint density at radius 2 is 2.33 bits per heavy atom. The third-order valence-electron chi connectivity index (χ3n) is 2.13. The summed E-state index contributed by atoms with van der Waals surface area (Å²) in [6.07, 6.45) is 3.01. The number of ether oxygens (including phenoxy) is 1. The lowest BCUT2D eigenvalue weighted by molar-refractivity contribution is -0.158. The number of hydrogen-bond acceptors (Lipinski definition) is 4. The second-order valence-corrected chi connectivity index (χ2v) is 2.97. The van der Waals surface area contributed by atoms with Gasteiger partial charge in [0.15, 0.2) is 0 Å². The van der Waals surface area contributed by atoms with Gasteiger partial charge in [-0.1, -0.05) is 5.16 Å². The molecule has 12 heavy (non-hydrogen) atoms. The molecule has 0 bridgehead atoms. The van der Waals surface area contributed by atoms with Gasteiger partial charge in [0, 0.05) is 13.0 Å². The average Bonchev–Trinajstić information content (AvgIpc) is 2.05. The van der Waals surface area contributed by atoms with Crippen molar-refractivity contribution in [3.05, 3.63) is 0 Å². The summed E-state index contributed by atoms with van der Waals surface area (Å²) in [6, 6.07) is 0. The number of rotatable bonds is 2.